The van der Waals surface area contributed by atoms with E-state index in [-0.39, 0.29) is 5.91 Å². The predicted octanol–water partition coefficient (Wildman–Crippen LogP) is 4.21. The van der Waals surface area contributed by atoms with Gasteiger partial charge in [0.1, 0.15) is 5.75 Å². The van der Waals surface area contributed by atoms with Crippen molar-refractivity contribution in [1.29, 1.82) is 0 Å². The van der Waals surface area contributed by atoms with Crippen molar-refractivity contribution in [2.45, 2.75) is 65.1 Å². The smallest absolute Gasteiger partial charge is 0.263 e. The van der Waals surface area contributed by atoms with E-state index in [9.17, 15) is 4.79 Å². The maximum absolute atomic E-state index is 12.7. The zero-order valence-corrected chi connectivity index (χ0v) is 14.0. The normalized spacial score (nSPS) is 23.8. The topological polar surface area (TPSA) is 29.5 Å². The van der Waals surface area contributed by atoms with Crippen molar-refractivity contribution in [3.05, 3.63) is 28.8 Å². The number of carbonyl (C=O) groups excluding carboxylic acids is 1. The van der Waals surface area contributed by atoms with Crippen LogP contribution in [0.5, 0.6) is 5.75 Å². The highest BCUT2D eigenvalue weighted by Gasteiger charge is 2.32. The summed E-state index contributed by atoms with van der Waals surface area (Å²) in [7, 11) is 0. The lowest BCUT2D eigenvalue weighted by Gasteiger charge is -2.40. The number of benzene rings is 1. The fraction of sp³-hybridized carbons (Fsp3) is 0.588. The van der Waals surface area contributed by atoms with Crippen LogP contribution in [0.1, 0.15) is 45.6 Å². The average Bonchev–Trinajstić information content (AvgIpc) is 2.41. The van der Waals surface area contributed by atoms with Gasteiger partial charge >= 0.3 is 0 Å². The largest absolute Gasteiger partial charge is 0.481 e. The molecule has 0 aromatic heterocycles. The van der Waals surface area contributed by atoms with E-state index < -0.39 is 6.10 Å². The van der Waals surface area contributed by atoms with Crippen LogP contribution in [0.15, 0.2) is 18.2 Å². The van der Waals surface area contributed by atoms with Crippen molar-refractivity contribution in [2.24, 2.45) is 0 Å². The number of nitrogens with zero attached hydrogens (tertiary/aromatic N) is 1. The summed E-state index contributed by atoms with van der Waals surface area (Å²) in [5, 5.41) is 0.678. The van der Waals surface area contributed by atoms with Gasteiger partial charge in [-0.2, -0.15) is 0 Å². The van der Waals surface area contributed by atoms with Gasteiger partial charge in [-0.1, -0.05) is 11.6 Å². The zero-order valence-electron chi connectivity index (χ0n) is 13.2. The number of halogens is 1. The van der Waals surface area contributed by atoms with Gasteiger partial charge in [0.15, 0.2) is 6.10 Å². The van der Waals surface area contributed by atoms with Gasteiger partial charge in [0.05, 0.1) is 0 Å². The summed E-state index contributed by atoms with van der Waals surface area (Å²) in [6.07, 6.45) is 2.86. The predicted molar refractivity (Wildman–Crippen MR) is 85.9 cm³/mol. The molecule has 1 amide bonds. The molecule has 1 saturated heterocycles. The molecule has 3 atom stereocenters. The third kappa shape index (κ3) is 3.70. The molecule has 1 fully saturated rings. The van der Waals surface area contributed by atoms with Gasteiger partial charge in [-0.05, 0) is 70.7 Å². The molecule has 1 aliphatic heterocycles. The summed E-state index contributed by atoms with van der Waals surface area (Å²) in [6, 6.07) is 6.04. The summed E-state index contributed by atoms with van der Waals surface area (Å²) >= 11 is 5.95. The summed E-state index contributed by atoms with van der Waals surface area (Å²) in [5.74, 6) is 0.793. The van der Waals surface area contributed by atoms with E-state index in [4.69, 9.17) is 16.3 Å². The highest BCUT2D eigenvalue weighted by molar-refractivity contribution is 6.30. The first-order valence-electron chi connectivity index (χ1n) is 7.65. The number of aryl methyl sites for hydroxylation is 1. The molecule has 1 aromatic rings. The Kier molecular flexibility index (Phi) is 5.15. The van der Waals surface area contributed by atoms with Crippen LogP contribution in [0, 0.1) is 6.92 Å². The van der Waals surface area contributed by atoms with Crippen molar-refractivity contribution in [3.63, 3.8) is 0 Å². The van der Waals surface area contributed by atoms with Crippen molar-refractivity contribution in [1.82, 2.24) is 4.90 Å². The quantitative estimate of drug-likeness (QED) is 0.837. The third-order valence-corrected chi connectivity index (χ3v) is 4.47. The van der Waals surface area contributed by atoms with Crippen LogP contribution in [0.2, 0.25) is 5.02 Å². The SMILES string of the molecule is Cc1cc(Cl)ccc1O[C@H](C)C(=O)N1[C@H](C)CCC[C@H]1C. The van der Waals surface area contributed by atoms with Gasteiger partial charge < -0.3 is 9.64 Å². The molecule has 21 heavy (non-hydrogen) atoms. The van der Waals surface area contributed by atoms with Crippen LogP contribution in [-0.4, -0.2) is 29.0 Å². The maximum atomic E-state index is 12.7. The lowest BCUT2D eigenvalue weighted by atomic mass is 9.97. The van der Waals surface area contributed by atoms with Crippen molar-refractivity contribution in [2.75, 3.05) is 0 Å². The summed E-state index contributed by atoms with van der Waals surface area (Å²) < 4.78 is 5.86. The number of hydrogen-bond donors (Lipinski definition) is 0. The lowest BCUT2D eigenvalue weighted by molar-refractivity contribution is -0.144. The number of carbonyl (C=O) groups is 1. The molecular weight excluding hydrogens is 286 g/mol. The van der Waals surface area contributed by atoms with Crippen LogP contribution in [-0.2, 0) is 4.79 Å². The Morgan fingerprint density at radius 2 is 1.95 bits per heavy atom. The number of rotatable bonds is 3. The first-order valence-corrected chi connectivity index (χ1v) is 8.03. The van der Waals surface area contributed by atoms with Crippen LogP contribution < -0.4 is 4.74 Å². The molecule has 0 unspecified atom stereocenters. The molecule has 0 saturated carbocycles. The molecule has 1 aromatic carbocycles. The van der Waals surface area contributed by atoms with Gasteiger partial charge in [0, 0.05) is 17.1 Å². The highest BCUT2D eigenvalue weighted by atomic mass is 35.5. The molecule has 0 radical (unpaired) electrons. The highest BCUT2D eigenvalue weighted by Crippen LogP contribution is 2.26. The van der Waals surface area contributed by atoms with Gasteiger partial charge in [0.25, 0.3) is 5.91 Å². The second kappa shape index (κ2) is 6.69. The van der Waals surface area contributed by atoms with E-state index in [1.165, 1.54) is 6.42 Å². The fourth-order valence-electron chi connectivity index (χ4n) is 3.05. The number of likely N-dealkylation sites (tertiary alicyclic amines) is 1. The van der Waals surface area contributed by atoms with Crippen LogP contribution in [0.3, 0.4) is 0 Å². The number of amides is 1. The molecule has 116 valence electrons. The molecule has 0 aliphatic carbocycles. The minimum atomic E-state index is -0.479. The van der Waals surface area contributed by atoms with Crippen LogP contribution in [0.4, 0.5) is 0 Å². The van der Waals surface area contributed by atoms with E-state index in [1.54, 1.807) is 6.07 Å². The summed E-state index contributed by atoms with van der Waals surface area (Å²) in [5.41, 5.74) is 0.946. The maximum Gasteiger partial charge on any atom is 0.263 e. The molecule has 1 aliphatic rings. The molecule has 4 heteroatoms. The lowest BCUT2D eigenvalue weighted by Crippen LogP contribution is -2.51. The zero-order chi connectivity index (χ0) is 15.6. The number of hydrogen-bond acceptors (Lipinski definition) is 2. The number of ether oxygens (including phenoxy) is 1. The Morgan fingerprint density at radius 1 is 1.33 bits per heavy atom. The van der Waals surface area contributed by atoms with Crippen molar-refractivity contribution < 1.29 is 9.53 Å². The standard InChI is InChI=1S/C17H24ClNO2/c1-11-10-15(18)8-9-16(11)21-14(4)17(20)19-12(2)6-5-7-13(19)3/h8-10,12-14H,5-7H2,1-4H3/t12-,13-,14-/m1/s1. The molecule has 0 N–H and O–H groups in total. The first kappa shape index (κ1) is 16.2. The Balaban J connectivity index is 2.08. The Bertz CT molecular complexity index is 508. The molecular formula is C17H24ClNO2. The molecule has 3 nitrogen and oxygen atoms in total. The Morgan fingerprint density at radius 3 is 2.52 bits per heavy atom. The van der Waals surface area contributed by atoms with Crippen LogP contribution >= 0.6 is 11.6 Å². The van der Waals surface area contributed by atoms with E-state index >= 15 is 0 Å². The van der Waals surface area contributed by atoms with E-state index in [0.29, 0.717) is 17.1 Å². The Labute approximate surface area is 132 Å². The van der Waals surface area contributed by atoms with Crippen molar-refractivity contribution in [3.8, 4) is 5.75 Å². The van der Waals surface area contributed by atoms with Crippen LogP contribution in [0.25, 0.3) is 0 Å². The second-order valence-electron chi connectivity index (χ2n) is 6.04. The minimum absolute atomic E-state index is 0.0732. The van der Waals surface area contributed by atoms with Gasteiger partial charge in [-0.25, -0.2) is 0 Å². The van der Waals surface area contributed by atoms with Gasteiger partial charge in [0.2, 0.25) is 0 Å². The van der Waals surface area contributed by atoms with E-state index in [0.717, 1.165) is 24.2 Å². The summed E-state index contributed by atoms with van der Waals surface area (Å²) in [6.45, 7) is 8.00. The molecule has 0 bridgehead atoms. The molecule has 1 heterocycles. The van der Waals surface area contributed by atoms with Gasteiger partial charge in [-0.15, -0.1) is 0 Å². The minimum Gasteiger partial charge on any atom is -0.481 e. The third-order valence-electron chi connectivity index (χ3n) is 4.24. The van der Waals surface area contributed by atoms with E-state index in [1.807, 2.05) is 30.9 Å². The number of piperidine rings is 1. The molecule has 2 rings (SSSR count). The van der Waals surface area contributed by atoms with Crippen molar-refractivity contribution >= 4 is 17.5 Å². The van der Waals surface area contributed by atoms with Gasteiger partial charge in [-0.3, -0.25) is 4.79 Å². The monoisotopic (exact) mass is 309 g/mol. The fourth-order valence-corrected chi connectivity index (χ4v) is 3.28. The Hall–Kier alpha value is -1.22. The second-order valence-corrected chi connectivity index (χ2v) is 6.48. The first-order chi connectivity index (χ1) is 9.90. The van der Waals surface area contributed by atoms with E-state index in [2.05, 4.69) is 13.8 Å². The average molecular weight is 310 g/mol. The molecule has 0 spiro atoms. The summed E-state index contributed by atoms with van der Waals surface area (Å²) in [4.78, 5) is 14.7.